The van der Waals surface area contributed by atoms with Crippen molar-refractivity contribution >= 4 is 29.2 Å². The number of hydrogen-bond donors (Lipinski definition) is 1. The van der Waals surface area contributed by atoms with Crippen molar-refractivity contribution in [3.05, 3.63) is 40.4 Å². The first kappa shape index (κ1) is 20.8. The highest BCUT2D eigenvalue weighted by molar-refractivity contribution is 6.55. The highest BCUT2D eigenvalue weighted by Crippen LogP contribution is 2.71. The summed E-state index contributed by atoms with van der Waals surface area (Å²) in [6.07, 6.45) is -7.17. The maximum Gasteiger partial charge on any atom is 0.457 e. The SMILES string of the molecule is CC1(C)C(C=C(Cl)Cl)C1(Cc1cccc(OC(F)C(F)(F)F)c1)C(=O)O. The van der Waals surface area contributed by atoms with Gasteiger partial charge in [0.25, 0.3) is 0 Å². The fourth-order valence-corrected chi connectivity index (χ4v) is 3.68. The normalized spacial score (nSPS) is 25.3. The van der Waals surface area contributed by atoms with Crippen molar-refractivity contribution in [3.63, 3.8) is 0 Å². The number of hydrogen-bond acceptors (Lipinski definition) is 2. The molecule has 26 heavy (non-hydrogen) atoms. The molecule has 3 atom stereocenters. The van der Waals surface area contributed by atoms with Crippen LogP contribution in [0.1, 0.15) is 19.4 Å². The molecule has 1 fully saturated rings. The first-order valence-corrected chi connectivity index (χ1v) is 8.30. The van der Waals surface area contributed by atoms with Crippen LogP contribution in [0.5, 0.6) is 5.75 Å². The Morgan fingerprint density at radius 3 is 2.50 bits per heavy atom. The number of ether oxygens (including phenoxy) is 1. The zero-order valence-corrected chi connectivity index (χ0v) is 15.3. The van der Waals surface area contributed by atoms with Crippen LogP contribution in [-0.4, -0.2) is 23.6 Å². The van der Waals surface area contributed by atoms with E-state index < -0.39 is 35.3 Å². The summed E-state index contributed by atoms with van der Waals surface area (Å²) in [5.74, 6) is -1.89. The van der Waals surface area contributed by atoms with Gasteiger partial charge in [0.15, 0.2) is 0 Å². The molecule has 0 spiro atoms. The predicted molar refractivity (Wildman–Crippen MR) is 88.9 cm³/mol. The molecule has 3 nitrogen and oxygen atoms in total. The van der Waals surface area contributed by atoms with Gasteiger partial charge < -0.3 is 9.84 Å². The topological polar surface area (TPSA) is 46.5 Å². The van der Waals surface area contributed by atoms with Crippen molar-refractivity contribution in [1.29, 1.82) is 0 Å². The average Bonchev–Trinajstić information content (AvgIpc) is 2.94. The fourth-order valence-electron chi connectivity index (χ4n) is 3.43. The minimum atomic E-state index is -5.15. The van der Waals surface area contributed by atoms with Gasteiger partial charge in [-0.1, -0.05) is 49.2 Å². The second-order valence-electron chi connectivity index (χ2n) is 6.73. The summed E-state index contributed by atoms with van der Waals surface area (Å²) in [7, 11) is 0. The van der Waals surface area contributed by atoms with Crippen LogP contribution in [0.3, 0.4) is 0 Å². The van der Waals surface area contributed by atoms with Crippen LogP contribution in [0.25, 0.3) is 0 Å². The first-order chi connectivity index (χ1) is 11.8. The summed E-state index contributed by atoms with van der Waals surface area (Å²) in [6, 6.07) is 5.27. The molecule has 0 aromatic heterocycles. The molecule has 1 N–H and O–H groups in total. The van der Waals surface area contributed by atoms with Gasteiger partial charge >= 0.3 is 18.5 Å². The number of rotatable bonds is 6. The Morgan fingerprint density at radius 2 is 2.00 bits per heavy atom. The van der Waals surface area contributed by atoms with E-state index in [1.165, 1.54) is 30.3 Å². The van der Waals surface area contributed by atoms with Crippen molar-refractivity contribution in [2.45, 2.75) is 32.8 Å². The van der Waals surface area contributed by atoms with Crippen LogP contribution in [0, 0.1) is 16.7 Å². The molecule has 0 heterocycles. The van der Waals surface area contributed by atoms with Crippen molar-refractivity contribution in [3.8, 4) is 5.75 Å². The molecule has 9 heteroatoms. The molecule has 0 saturated heterocycles. The van der Waals surface area contributed by atoms with Gasteiger partial charge in [0, 0.05) is 5.92 Å². The fraction of sp³-hybridized carbons (Fsp3) is 0.471. The van der Waals surface area contributed by atoms with Crippen molar-refractivity contribution in [1.82, 2.24) is 0 Å². The van der Waals surface area contributed by atoms with Gasteiger partial charge in [-0.25, -0.2) is 0 Å². The third-order valence-electron chi connectivity index (χ3n) is 4.93. The highest BCUT2D eigenvalue weighted by atomic mass is 35.5. The van der Waals surface area contributed by atoms with Crippen LogP contribution >= 0.6 is 23.2 Å². The Labute approximate surface area is 157 Å². The van der Waals surface area contributed by atoms with Gasteiger partial charge in [-0.3, -0.25) is 4.79 Å². The molecule has 0 amide bonds. The Kier molecular flexibility index (Phi) is 5.55. The Balaban J connectivity index is 2.28. The van der Waals surface area contributed by atoms with E-state index in [0.29, 0.717) is 5.56 Å². The summed E-state index contributed by atoms with van der Waals surface area (Å²) in [5, 5.41) is 9.75. The summed E-state index contributed by atoms with van der Waals surface area (Å²) in [5.41, 5.74) is -1.52. The number of carboxylic acid groups (broad SMARTS) is 1. The van der Waals surface area contributed by atoms with Crippen molar-refractivity contribution in [2.75, 3.05) is 0 Å². The second-order valence-corrected chi connectivity index (χ2v) is 7.74. The number of allylic oxidation sites excluding steroid dienone is 1. The van der Waals surface area contributed by atoms with Crippen LogP contribution in [-0.2, 0) is 11.2 Å². The minimum absolute atomic E-state index is 0.00225. The standard InChI is InChI=1S/C17H16Cl2F4O3/c1-15(2)11(7-12(18)19)16(15,14(24)25)8-9-4-3-5-10(6-9)26-13(20)17(21,22)23/h3-7,11,13H,8H2,1-2H3,(H,24,25). The molecule has 1 aromatic rings. The Bertz CT molecular complexity index is 729. The van der Waals surface area contributed by atoms with Gasteiger partial charge in [-0.15, -0.1) is 0 Å². The lowest BCUT2D eigenvalue weighted by Crippen LogP contribution is -2.30. The quantitative estimate of drug-likeness (QED) is 0.624. The molecule has 0 radical (unpaired) electrons. The van der Waals surface area contributed by atoms with Crippen LogP contribution < -0.4 is 4.74 Å². The summed E-state index contributed by atoms with van der Waals surface area (Å²) in [6.45, 7) is 3.47. The monoisotopic (exact) mass is 414 g/mol. The number of benzene rings is 1. The molecular formula is C17H16Cl2F4O3. The van der Waals surface area contributed by atoms with Crippen LogP contribution in [0.4, 0.5) is 17.6 Å². The van der Waals surface area contributed by atoms with Crippen LogP contribution in [0.2, 0.25) is 0 Å². The Morgan fingerprint density at radius 1 is 1.38 bits per heavy atom. The lowest BCUT2D eigenvalue weighted by Gasteiger charge is -2.17. The lowest BCUT2D eigenvalue weighted by molar-refractivity contribution is -0.236. The van der Waals surface area contributed by atoms with Gasteiger partial charge in [-0.2, -0.15) is 17.6 Å². The molecule has 2 rings (SSSR count). The van der Waals surface area contributed by atoms with Crippen LogP contribution in [0.15, 0.2) is 34.8 Å². The summed E-state index contributed by atoms with van der Waals surface area (Å²) >= 11 is 11.3. The largest absolute Gasteiger partial charge is 0.481 e. The van der Waals surface area contributed by atoms with Gasteiger partial charge in [0.1, 0.15) is 10.2 Å². The molecule has 144 valence electrons. The molecular weight excluding hydrogens is 399 g/mol. The maximum absolute atomic E-state index is 13.1. The van der Waals surface area contributed by atoms with E-state index in [0.717, 1.165) is 0 Å². The number of aliphatic carboxylic acids is 1. The number of alkyl halides is 4. The third kappa shape index (κ3) is 3.78. The van der Waals surface area contributed by atoms with E-state index in [2.05, 4.69) is 4.74 Å². The van der Waals surface area contributed by atoms with Crippen molar-refractivity contribution < 1.29 is 32.2 Å². The molecule has 0 aliphatic heterocycles. The number of carbonyl (C=O) groups is 1. The van der Waals surface area contributed by atoms with Crippen molar-refractivity contribution in [2.24, 2.45) is 16.7 Å². The summed E-state index contributed by atoms with van der Waals surface area (Å²) < 4.78 is 54.1. The molecule has 3 unspecified atom stereocenters. The van der Waals surface area contributed by atoms with E-state index in [9.17, 15) is 27.5 Å². The molecule has 1 aliphatic carbocycles. The average molecular weight is 415 g/mol. The summed E-state index contributed by atoms with van der Waals surface area (Å²) in [4.78, 5) is 11.9. The van der Waals surface area contributed by atoms with Gasteiger partial charge in [-0.05, 0) is 35.6 Å². The third-order valence-corrected chi connectivity index (χ3v) is 5.18. The minimum Gasteiger partial charge on any atom is -0.481 e. The second kappa shape index (κ2) is 6.93. The van der Waals surface area contributed by atoms with Gasteiger partial charge in [0.05, 0.1) is 5.41 Å². The Hall–Kier alpha value is -1.47. The highest BCUT2D eigenvalue weighted by Gasteiger charge is 2.74. The maximum atomic E-state index is 13.1. The number of carboxylic acids is 1. The molecule has 1 aromatic carbocycles. The smallest absolute Gasteiger partial charge is 0.457 e. The zero-order valence-electron chi connectivity index (χ0n) is 13.8. The van der Waals surface area contributed by atoms with E-state index >= 15 is 0 Å². The number of halogens is 6. The molecule has 1 aliphatic rings. The van der Waals surface area contributed by atoms with Gasteiger partial charge in [0.2, 0.25) is 0 Å². The predicted octanol–water partition coefficient (Wildman–Crippen LogP) is 5.51. The molecule has 0 bridgehead atoms. The first-order valence-electron chi connectivity index (χ1n) is 7.55. The lowest BCUT2D eigenvalue weighted by atomic mass is 9.88. The van der Waals surface area contributed by atoms with E-state index in [1.807, 2.05) is 0 Å². The molecule has 1 saturated carbocycles. The van der Waals surface area contributed by atoms with E-state index in [-0.39, 0.29) is 16.7 Å². The zero-order chi connectivity index (χ0) is 19.9. The van der Waals surface area contributed by atoms with E-state index in [1.54, 1.807) is 13.8 Å². The van der Waals surface area contributed by atoms with E-state index in [4.69, 9.17) is 23.2 Å².